The molecule has 0 bridgehead atoms. The molecule has 1 aromatic rings. The van der Waals surface area contributed by atoms with Crippen molar-refractivity contribution in [2.45, 2.75) is 37.3 Å². The van der Waals surface area contributed by atoms with Gasteiger partial charge in [-0.3, -0.25) is 9.48 Å². The normalized spacial score (nSPS) is 25.2. The summed E-state index contributed by atoms with van der Waals surface area (Å²) in [6.45, 7) is 1.86. The Labute approximate surface area is 112 Å². The molecule has 1 amide bonds. The Bertz CT molecular complexity index is 479. The molecule has 3 rings (SSSR count). The van der Waals surface area contributed by atoms with Crippen LogP contribution in [-0.4, -0.2) is 40.4 Å². The molecule has 3 N–H and O–H groups in total. The molecule has 1 unspecified atom stereocenters. The third-order valence-electron chi connectivity index (χ3n) is 4.05. The van der Waals surface area contributed by atoms with Crippen molar-refractivity contribution < 1.29 is 4.79 Å². The molecule has 1 saturated heterocycles. The molecule has 1 saturated carbocycles. The van der Waals surface area contributed by atoms with Crippen LogP contribution in [0, 0.1) is 0 Å². The van der Waals surface area contributed by atoms with Crippen LogP contribution in [0.4, 0.5) is 5.69 Å². The number of anilines is 1. The summed E-state index contributed by atoms with van der Waals surface area (Å²) in [5.74, 6) is 0.0190. The first-order valence-corrected chi connectivity index (χ1v) is 6.90. The molecule has 1 aliphatic heterocycles. The maximum atomic E-state index is 12.0. The van der Waals surface area contributed by atoms with Gasteiger partial charge in [0.1, 0.15) is 0 Å². The first kappa shape index (κ1) is 12.5. The van der Waals surface area contributed by atoms with Gasteiger partial charge in [0.15, 0.2) is 0 Å². The van der Waals surface area contributed by atoms with Crippen molar-refractivity contribution in [2.75, 3.05) is 18.0 Å². The summed E-state index contributed by atoms with van der Waals surface area (Å²) in [5, 5.41) is 7.29. The molecule has 2 heterocycles. The summed E-state index contributed by atoms with van der Waals surface area (Å²) in [7, 11) is 1.91. The fraction of sp³-hybridized carbons (Fsp3) is 0.692. The monoisotopic (exact) mass is 263 g/mol. The van der Waals surface area contributed by atoms with Crippen LogP contribution in [0.2, 0.25) is 0 Å². The van der Waals surface area contributed by atoms with E-state index in [1.165, 1.54) is 0 Å². The second kappa shape index (κ2) is 4.52. The minimum Gasteiger partial charge on any atom is -0.367 e. The van der Waals surface area contributed by atoms with Gasteiger partial charge in [-0.15, -0.1) is 0 Å². The number of aryl methyl sites for hydroxylation is 1. The summed E-state index contributed by atoms with van der Waals surface area (Å²) in [6, 6.07) is 0.197. The zero-order valence-electron chi connectivity index (χ0n) is 11.3. The van der Waals surface area contributed by atoms with E-state index in [-0.39, 0.29) is 11.9 Å². The zero-order valence-corrected chi connectivity index (χ0v) is 11.3. The van der Waals surface area contributed by atoms with E-state index in [1.54, 1.807) is 4.68 Å². The maximum absolute atomic E-state index is 12.0. The fourth-order valence-corrected chi connectivity index (χ4v) is 2.59. The lowest BCUT2D eigenvalue weighted by molar-refractivity contribution is -0.124. The van der Waals surface area contributed by atoms with E-state index >= 15 is 0 Å². The number of nitrogens with one attached hydrogen (secondary N) is 1. The molecule has 1 aromatic heterocycles. The summed E-state index contributed by atoms with van der Waals surface area (Å²) >= 11 is 0. The molecule has 2 fully saturated rings. The maximum Gasteiger partial charge on any atom is 0.240 e. The van der Waals surface area contributed by atoms with Crippen molar-refractivity contribution in [3.05, 3.63) is 12.4 Å². The van der Waals surface area contributed by atoms with Gasteiger partial charge in [-0.1, -0.05) is 0 Å². The number of hydrogen-bond acceptors (Lipinski definition) is 4. The number of nitrogens with two attached hydrogens (primary N) is 1. The van der Waals surface area contributed by atoms with E-state index in [4.69, 9.17) is 5.73 Å². The van der Waals surface area contributed by atoms with Crippen molar-refractivity contribution >= 4 is 11.6 Å². The number of hydrogen-bond donors (Lipinski definition) is 2. The average molecular weight is 263 g/mol. The van der Waals surface area contributed by atoms with Crippen LogP contribution in [0.5, 0.6) is 0 Å². The predicted octanol–water partition coefficient (Wildman–Crippen LogP) is -0.00360. The van der Waals surface area contributed by atoms with Crippen molar-refractivity contribution in [1.29, 1.82) is 0 Å². The summed E-state index contributed by atoms with van der Waals surface area (Å²) in [4.78, 5) is 14.2. The minimum atomic E-state index is -0.573. The summed E-state index contributed by atoms with van der Waals surface area (Å²) in [5.41, 5.74) is 6.47. The Morgan fingerprint density at radius 2 is 2.37 bits per heavy atom. The number of amides is 1. The van der Waals surface area contributed by atoms with Crippen LogP contribution in [0.15, 0.2) is 12.4 Å². The van der Waals surface area contributed by atoms with Gasteiger partial charge in [0, 0.05) is 32.4 Å². The van der Waals surface area contributed by atoms with E-state index in [2.05, 4.69) is 15.3 Å². The van der Waals surface area contributed by atoms with E-state index in [0.29, 0.717) is 0 Å². The lowest BCUT2D eigenvalue weighted by atomic mass is 10.0. The second-order valence-corrected chi connectivity index (χ2v) is 5.79. The van der Waals surface area contributed by atoms with Gasteiger partial charge >= 0.3 is 0 Å². The molecular formula is C13H21N5O. The molecule has 104 valence electrons. The third kappa shape index (κ3) is 2.58. The molecule has 6 heteroatoms. The summed E-state index contributed by atoms with van der Waals surface area (Å²) in [6.07, 6.45) is 7.62. The number of aromatic nitrogens is 2. The second-order valence-electron chi connectivity index (χ2n) is 5.79. The van der Waals surface area contributed by atoms with E-state index < -0.39 is 5.54 Å². The van der Waals surface area contributed by atoms with Crippen LogP contribution in [0.25, 0.3) is 0 Å². The Balaban J connectivity index is 1.60. The minimum absolute atomic E-state index is 0.0190. The summed E-state index contributed by atoms with van der Waals surface area (Å²) < 4.78 is 1.80. The highest BCUT2D eigenvalue weighted by Crippen LogP contribution is 2.32. The zero-order chi connectivity index (χ0) is 13.5. The van der Waals surface area contributed by atoms with Crippen molar-refractivity contribution in [3.63, 3.8) is 0 Å². The van der Waals surface area contributed by atoms with E-state index in [1.807, 2.05) is 19.4 Å². The molecular weight excluding hydrogens is 242 g/mol. The Hall–Kier alpha value is -1.56. The van der Waals surface area contributed by atoms with Crippen LogP contribution in [-0.2, 0) is 11.8 Å². The Kier molecular flexibility index (Phi) is 2.97. The van der Waals surface area contributed by atoms with E-state index in [0.717, 1.165) is 44.5 Å². The Morgan fingerprint density at radius 3 is 3.00 bits per heavy atom. The molecule has 0 aromatic carbocycles. The quantitative estimate of drug-likeness (QED) is 0.804. The highest BCUT2D eigenvalue weighted by atomic mass is 16.2. The first-order chi connectivity index (χ1) is 9.07. The van der Waals surface area contributed by atoms with Gasteiger partial charge in [0.05, 0.1) is 17.4 Å². The SMILES string of the molecule is Cn1cc(N2CCCC(NC(=O)C3(N)CC3)C2)cn1. The molecule has 0 spiro atoms. The van der Waals surface area contributed by atoms with Gasteiger partial charge in [0.25, 0.3) is 0 Å². The van der Waals surface area contributed by atoms with Crippen LogP contribution >= 0.6 is 0 Å². The van der Waals surface area contributed by atoms with Crippen molar-refractivity contribution in [2.24, 2.45) is 12.8 Å². The molecule has 6 nitrogen and oxygen atoms in total. The van der Waals surface area contributed by atoms with Gasteiger partial charge in [-0.05, 0) is 25.7 Å². The van der Waals surface area contributed by atoms with Crippen LogP contribution in [0.3, 0.4) is 0 Å². The standard InChI is InChI=1S/C13H21N5O/c1-17-9-11(7-15-17)18-6-2-3-10(8-18)16-12(19)13(14)4-5-13/h7,9-10H,2-6,8,14H2,1H3,(H,16,19). The number of nitrogens with zero attached hydrogens (tertiary/aromatic N) is 3. The molecule has 0 radical (unpaired) electrons. The molecule has 2 aliphatic rings. The van der Waals surface area contributed by atoms with Gasteiger partial charge in [-0.25, -0.2) is 0 Å². The fourth-order valence-electron chi connectivity index (χ4n) is 2.59. The topological polar surface area (TPSA) is 76.2 Å². The largest absolute Gasteiger partial charge is 0.367 e. The van der Waals surface area contributed by atoms with Crippen LogP contribution < -0.4 is 16.0 Å². The smallest absolute Gasteiger partial charge is 0.240 e. The highest BCUT2D eigenvalue weighted by Gasteiger charge is 2.46. The number of rotatable bonds is 3. The van der Waals surface area contributed by atoms with Crippen molar-refractivity contribution in [3.8, 4) is 0 Å². The number of carbonyl (C=O) groups is 1. The van der Waals surface area contributed by atoms with Crippen molar-refractivity contribution in [1.82, 2.24) is 15.1 Å². The van der Waals surface area contributed by atoms with E-state index in [9.17, 15) is 4.79 Å². The van der Waals surface area contributed by atoms with Gasteiger partial charge in [-0.2, -0.15) is 5.10 Å². The van der Waals surface area contributed by atoms with Crippen LogP contribution in [0.1, 0.15) is 25.7 Å². The lowest BCUT2D eigenvalue weighted by Gasteiger charge is -2.34. The van der Waals surface area contributed by atoms with Gasteiger partial charge < -0.3 is 16.0 Å². The number of carbonyl (C=O) groups excluding carboxylic acids is 1. The highest BCUT2D eigenvalue weighted by molar-refractivity contribution is 5.89. The van der Waals surface area contributed by atoms with Gasteiger partial charge in [0.2, 0.25) is 5.91 Å². The molecule has 1 atom stereocenters. The predicted molar refractivity (Wildman–Crippen MR) is 72.7 cm³/mol. The lowest BCUT2D eigenvalue weighted by Crippen LogP contribution is -2.53. The molecule has 19 heavy (non-hydrogen) atoms. The molecule has 1 aliphatic carbocycles. The Morgan fingerprint density at radius 1 is 1.58 bits per heavy atom. The first-order valence-electron chi connectivity index (χ1n) is 6.90. The third-order valence-corrected chi connectivity index (χ3v) is 4.05. The number of piperidine rings is 1. The average Bonchev–Trinajstić information content (AvgIpc) is 2.99.